The highest BCUT2D eigenvalue weighted by atomic mass is 16.5. The maximum Gasteiger partial charge on any atom is 0.158 e. The molecule has 0 amide bonds. The summed E-state index contributed by atoms with van der Waals surface area (Å²) < 4.78 is 23.8. The van der Waals surface area contributed by atoms with Crippen LogP contribution >= 0.6 is 0 Å². The third kappa shape index (κ3) is 3.60. The van der Waals surface area contributed by atoms with E-state index in [-0.39, 0.29) is 0 Å². The largest absolute Gasteiger partial charge is 0.496 e. The van der Waals surface area contributed by atoms with Crippen LogP contribution in [0, 0.1) is 0 Å². The molecule has 1 aliphatic heterocycles. The molecule has 0 saturated carbocycles. The van der Waals surface area contributed by atoms with Gasteiger partial charge in [-0.05, 0) is 11.5 Å². The molecule has 0 spiro atoms. The first-order valence-corrected chi connectivity index (χ1v) is 11.8. The van der Waals surface area contributed by atoms with Gasteiger partial charge in [-0.3, -0.25) is 0 Å². The van der Waals surface area contributed by atoms with E-state index in [0.717, 1.165) is 49.8 Å². The van der Waals surface area contributed by atoms with Crippen molar-refractivity contribution in [2.24, 2.45) is 0 Å². The normalized spacial score (nSPS) is 14.6. The number of benzene rings is 4. The molecule has 5 heteroatoms. The average Bonchev–Trinajstić information content (AvgIpc) is 2.95. The molecule has 0 N–H and O–H groups in total. The van der Waals surface area contributed by atoms with Crippen molar-refractivity contribution in [3.63, 3.8) is 0 Å². The first kappa shape index (κ1) is 22.0. The lowest BCUT2D eigenvalue weighted by atomic mass is 9.93. The molecule has 0 radical (unpaired) electrons. The van der Waals surface area contributed by atoms with Crippen LogP contribution in [0.25, 0.3) is 33.5 Å². The van der Waals surface area contributed by atoms with Crippen LogP contribution in [0.1, 0.15) is 28.5 Å². The number of ether oxygens (including phenoxy) is 4. The Balaban J connectivity index is 1.64. The lowest BCUT2D eigenvalue weighted by molar-refractivity contribution is 0.195. The Hall–Kier alpha value is -4.51. The molecule has 2 heterocycles. The third-order valence-electron chi connectivity index (χ3n) is 6.64. The van der Waals surface area contributed by atoms with Gasteiger partial charge in [-0.15, -0.1) is 0 Å². The Morgan fingerprint density at radius 2 is 1.42 bits per heavy atom. The maximum atomic E-state index is 6.70. The van der Waals surface area contributed by atoms with Gasteiger partial charge in [-0.25, -0.2) is 4.98 Å². The first-order valence-electron chi connectivity index (χ1n) is 11.8. The van der Waals surface area contributed by atoms with E-state index < -0.39 is 6.10 Å². The van der Waals surface area contributed by atoms with E-state index in [9.17, 15) is 0 Å². The van der Waals surface area contributed by atoms with Gasteiger partial charge in [0, 0.05) is 40.1 Å². The monoisotopic (exact) mass is 475 g/mol. The predicted molar refractivity (Wildman–Crippen MR) is 143 cm³/mol. The van der Waals surface area contributed by atoms with Crippen molar-refractivity contribution >= 4 is 33.5 Å². The molecule has 0 fully saturated rings. The highest BCUT2D eigenvalue weighted by Crippen LogP contribution is 2.48. The smallest absolute Gasteiger partial charge is 0.158 e. The standard InChI is InChI=1S/C31H25NO4/c1-33-22-16-27(34-2)29(28(17-22)35-3)31-24-15-21-14-13-19-9-7-8-12-23(19)30(21)32-25(24)18-26(36-31)20-10-5-4-6-11-20/h4-18,31H,1-3H3. The summed E-state index contributed by atoms with van der Waals surface area (Å²) in [5, 5.41) is 3.32. The average molecular weight is 476 g/mol. The van der Waals surface area contributed by atoms with Crippen LogP contribution in [0.2, 0.25) is 0 Å². The number of rotatable bonds is 5. The van der Waals surface area contributed by atoms with Gasteiger partial charge in [-0.2, -0.15) is 0 Å². The molecule has 5 aromatic rings. The molecule has 1 aliphatic rings. The van der Waals surface area contributed by atoms with Crippen molar-refractivity contribution in [2.75, 3.05) is 21.3 Å². The van der Waals surface area contributed by atoms with E-state index in [4.69, 9.17) is 23.9 Å². The van der Waals surface area contributed by atoms with Crippen molar-refractivity contribution in [1.29, 1.82) is 0 Å². The Labute approximate surface area is 209 Å². The highest BCUT2D eigenvalue weighted by molar-refractivity contribution is 6.06. The molecule has 178 valence electrons. The minimum atomic E-state index is -0.501. The van der Waals surface area contributed by atoms with Gasteiger partial charge in [0.25, 0.3) is 0 Å². The Morgan fingerprint density at radius 1 is 0.722 bits per heavy atom. The molecular formula is C31H25NO4. The molecule has 36 heavy (non-hydrogen) atoms. The van der Waals surface area contributed by atoms with Crippen LogP contribution < -0.4 is 14.2 Å². The zero-order valence-electron chi connectivity index (χ0n) is 20.3. The van der Waals surface area contributed by atoms with Gasteiger partial charge in [0.05, 0.1) is 38.1 Å². The fourth-order valence-corrected chi connectivity index (χ4v) is 4.87. The van der Waals surface area contributed by atoms with Crippen molar-refractivity contribution in [2.45, 2.75) is 6.10 Å². The minimum absolute atomic E-state index is 0.501. The topological polar surface area (TPSA) is 49.8 Å². The fraction of sp³-hybridized carbons (Fsp3) is 0.129. The van der Waals surface area contributed by atoms with Gasteiger partial charge in [0.15, 0.2) is 6.10 Å². The zero-order valence-corrected chi connectivity index (χ0v) is 20.3. The first-order chi connectivity index (χ1) is 17.7. The fourth-order valence-electron chi connectivity index (χ4n) is 4.87. The summed E-state index contributed by atoms with van der Waals surface area (Å²) in [6, 6.07) is 28.5. The number of methoxy groups -OCH3 is 3. The molecule has 0 saturated heterocycles. The van der Waals surface area contributed by atoms with Crippen LogP contribution in [-0.4, -0.2) is 26.3 Å². The number of hydrogen-bond acceptors (Lipinski definition) is 5. The second kappa shape index (κ2) is 8.93. The van der Waals surface area contributed by atoms with Crippen molar-refractivity contribution in [3.05, 3.63) is 107 Å². The molecule has 6 rings (SSSR count). The van der Waals surface area contributed by atoms with Gasteiger partial charge in [-0.1, -0.05) is 66.7 Å². The Morgan fingerprint density at radius 3 is 2.14 bits per heavy atom. The summed E-state index contributed by atoms with van der Waals surface area (Å²) in [5.41, 5.74) is 4.52. The second-order valence-corrected chi connectivity index (χ2v) is 8.64. The third-order valence-corrected chi connectivity index (χ3v) is 6.64. The van der Waals surface area contributed by atoms with E-state index in [1.54, 1.807) is 21.3 Å². The minimum Gasteiger partial charge on any atom is -0.496 e. The lowest BCUT2D eigenvalue weighted by Crippen LogP contribution is -2.15. The van der Waals surface area contributed by atoms with Crippen molar-refractivity contribution < 1.29 is 18.9 Å². The van der Waals surface area contributed by atoms with Crippen molar-refractivity contribution in [3.8, 4) is 17.2 Å². The number of aromatic nitrogens is 1. The summed E-state index contributed by atoms with van der Waals surface area (Å²) in [7, 11) is 4.90. The second-order valence-electron chi connectivity index (χ2n) is 8.64. The quantitative estimate of drug-likeness (QED) is 0.255. The molecule has 0 aliphatic carbocycles. The predicted octanol–water partition coefficient (Wildman–Crippen LogP) is 7.03. The zero-order chi connectivity index (χ0) is 24.6. The maximum absolute atomic E-state index is 6.70. The summed E-state index contributed by atoms with van der Waals surface area (Å²) in [5.74, 6) is 2.62. The summed E-state index contributed by atoms with van der Waals surface area (Å²) in [6.45, 7) is 0. The molecule has 1 aromatic heterocycles. The van der Waals surface area contributed by atoms with Crippen LogP contribution in [-0.2, 0) is 4.74 Å². The molecule has 5 nitrogen and oxygen atoms in total. The van der Waals surface area contributed by atoms with Crippen LogP contribution in [0.5, 0.6) is 17.2 Å². The molecule has 1 unspecified atom stereocenters. The van der Waals surface area contributed by atoms with Gasteiger partial charge >= 0.3 is 0 Å². The molecule has 4 aromatic carbocycles. The van der Waals surface area contributed by atoms with Crippen molar-refractivity contribution in [1.82, 2.24) is 4.98 Å². The number of hydrogen-bond donors (Lipinski definition) is 0. The molecule has 1 atom stereocenters. The molecule has 0 bridgehead atoms. The summed E-state index contributed by atoms with van der Waals surface area (Å²) in [4.78, 5) is 5.18. The summed E-state index contributed by atoms with van der Waals surface area (Å²) in [6.07, 6.45) is 1.52. The summed E-state index contributed by atoms with van der Waals surface area (Å²) >= 11 is 0. The van der Waals surface area contributed by atoms with Gasteiger partial charge < -0.3 is 18.9 Å². The SMILES string of the molecule is COc1cc(OC)c(C2OC(c3ccccc3)=Cc3nc4c(ccc5ccccc54)cc32)c(OC)c1. The molecular weight excluding hydrogens is 450 g/mol. The van der Waals surface area contributed by atoms with E-state index in [1.807, 2.05) is 60.7 Å². The van der Waals surface area contributed by atoms with E-state index in [0.29, 0.717) is 17.2 Å². The van der Waals surface area contributed by atoms with Gasteiger partial charge in [0.1, 0.15) is 23.0 Å². The van der Waals surface area contributed by atoms with E-state index >= 15 is 0 Å². The lowest BCUT2D eigenvalue weighted by Gasteiger charge is -2.30. The van der Waals surface area contributed by atoms with E-state index in [1.165, 1.54) is 0 Å². The number of pyridine rings is 1. The Bertz CT molecular complexity index is 1600. The highest BCUT2D eigenvalue weighted by Gasteiger charge is 2.32. The van der Waals surface area contributed by atoms with Crippen LogP contribution in [0.3, 0.4) is 0 Å². The van der Waals surface area contributed by atoms with Crippen LogP contribution in [0.4, 0.5) is 0 Å². The van der Waals surface area contributed by atoms with Gasteiger partial charge in [0.2, 0.25) is 0 Å². The number of nitrogens with zero attached hydrogens (tertiary/aromatic N) is 1. The van der Waals surface area contributed by atoms with Crippen LogP contribution in [0.15, 0.2) is 84.9 Å². The van der Waals surface area contributed by atoms with E-state index in [2.05, 4.69) is 30.3 Å². The Kier molecular flexibility index (Phi) is 5.45. The number of fused-ring (bicyclic) bond motifs is 4.